The molecule has 6 unspecified atom stereocenters. The predicted molar refractivity (Wildman–Crippen MR) is 84.7 cm³/mol. The zero-order valence-corrected chi connectivity index (χ0v) is 13.8. The van der Waals surface area contributed by atoms with Crippen molar-refractivity contribution in [1.82, 2.24) is 4.90 Å². The van der Waals surface area contributed by atoms with Gasteiger partial charge in [0.25, 0.3) is 0 Å². The van der Waals surface area contributed by atoms with Crippen molar-refractivity contribution < 1.29 is 4.79 Å². The number of hydrogen-bond acceptors (Lipinski definition) is 1. The lowest BCUT2D eigenvalue weighted by molar-refractivity contribution is -0.135. The third-order valence-corrected chi connectivity index (χ3v) is 7.49. The Bertz CT molecular complexity index is 414. The first-order chi connectivity index (χ1) is 10.2. The van der Waals surface area contributed by atoms with Crippen molar-refractivity contribution in [2.75, 3.05) is 13.1 Å². The van der Waals surface area contributed by atoms with Crippen LogP contribution in [0, 0.1) is 41.4 Å². The largest absolute Gasteiger partial charge is 0.342 e. The minimum absolute atomic E-state index is 0.365. The maximum absolute atomic E-state index is 12.9. The summed E-state index contributed by atoms with van der Waals surface area (Å²) < 4.78 is 0. The number of amides is 1. The maximum Gasteiger partial charge on any atom is 0.225 e. The molecule has 21 heavy (non-hydrogen) atoms. The van der Waals surface area contributed by atoms with Crippen molar-refractivity contribution >= 4 is 5.91 Å². The summed E-state index contributed by atoms with van der Waals surface area (Å²) in [6.07, 6.45) is 9.02. The van der Waals surface area contributed by atoms with E-state index >= 15 is 0 Å². The van der Waals surface area contributed by atoms with Gasteiger partial charge in [0, 0.05) is 19.0 Å². The van der Waals surface area contributed by atoms with Gasteiger partial charge in [0.15, 0.2) is 0 Å². The van der Waals surface area contributed by atoms with Crippen molar-refractivity contribution in [3.8, 4) is 0 Å². The highest BCUT2D eigenvalue weighted by Crippen LogP contribution is 2.62. The van der Waals surface area contributed by atoms with Gasteiger partial charge in [-0.05, 0) is 54.8 Å². The Morgan fingerprint density at radius 2 is 1.71 bits per heavy atom. The summed E-state index contributed by atoms with van der Waals surface area (Å²) in [5, 5.41) is 0. The smallest absolute Gasteiger partial charge is 0.225 e. The van der Waals surface area contributed by atoms with E-state index in [0.717, 1.165) is 61.4 Å². The van der Waals surface area contributed by atoms with E-state index in [1.165, 1.54) is 32.1 Å². The van der Waals surface area contributed by atoms with Crippen LogP contribution in [0.3, 0.4) is 0 Å². The molecule has 118 valence electrons. The molecule has 6 atom stereocenters. The zero-order chi connectivity index (χ0) is 14.6. The van der Waals surface area contributed by atoms with Crippen LogP contribution in [0.4, 0.5) is 0 Å². The molecular formula is C19H31NO. The lowest BCUT2D eigenvalue weighted by Gasteiger charge is -2.36. The second-order valence-electron chi connectivity index (χ2n) is 8.40. The SMILES string of the molecule is CCC1C2CC2C(C)C2CN(C(=O)C3CCCCC3)CC21. The van der Waals surface area contributed by atoms with E-state index in [4.69, 9.17) is 0 Å². The summed E-state index contributed by atoms with van der Waals surface area (Å²) in [5.74, 6) is 6.31. The molecule has 0 N–H and O–H groups in total. The summed E-state index contributed by atoms with van der Waals surface area (Å²) >= 11 is 0. The first-order valence-corrected chi connectivity index (χ1v) is 9.49. The van der Waals surface area contributed by atoms with Crippen molar-refractivity contribution in [2.45, 2.75) is 58.8 Å². The van der Waals surface area contributed by atoms with Gasteiger partial charge in [-0.3, -0.25) is 4.79 Å². The molecule has 3 saturated carbocycles. The van der Waals surface area contributed by atoms with E-state index in [1.54, 1.807) is 0 Å². The Labute approximate surface area is 129 Å². The molecule has 1 heterocycles. The van der Waals surface area contributed by atoms with Crippen LogP contribution in [0.25, 0.3) is 0 Å². The number of hydrogen-bond donors (Lipinski definition) is 0. The molecule has 1 saturated heterocycles. The Kier molecular flexibility index (Phi) is 3.54. The molecule has 4 rings (SSSR count). The van der Waals surface area contributed by atoms with Crippen LogP contribution in [0.15, 0.2) is 0 Å². The van der Waals surface area contributed by atoms with Gasteiger partial charge in [0.1, 0.15) is 0 Å². The number of carbonyl (C=O) groups excluding carboxylic acids is 1. The van der Waals surface area contributed by atoms with Gasteiger partial charge >= 0.3 is 0 Å². The van der Waals surface area contributed by atoms with Gasteiger partial charge in [-0.15, -0.1) is 0 Å². The van der Waals surface area contributed by atoms with Crippen molar-refractivity contribution in [2.24, 2.45) is 41.4 Å². The van der Waals surface area contributed by atoms with E-state index in [0.29, 0.717) is 11.8 Å². The molecule has 2 nitrogen and oxygen atoms in total. The number of carbonyl (C=O) groups is 1. The van der Waals surface area contributed by atoms with Crippen LogP contribution < -0.4 is 0 Å². The third kappa shape index (κ3) is 2.24. The van der Waals surface area contributed by atoms with Gasteiger partial charge in [0.2, 0.25) is 5.91 Å². The monoisotopic (exact) mass is 289 g/mol. The normalized spacial score (nSPS) is 46.1. The minimum atomic E-state index is 0.365. The summed E-state index contributed by atoms with van der Waals surface area (Å²) in [6, 6.07) is 0. The molecule has 4 fully saturated rings. The highest BCUT2D eigenvalue weighted by Gasteiger charge is 2.58. The quantitative estimate of drug-likeness (QED) is 0.753. The number of likely N-dealkylation sites (tertiary alicyclic amines) is 1. The maximum atomic E-state index is 12.9. The molecule has 4 aliphatic rings. The molecule has 0 radical (unpaired) electrons. The fourth-order valence-corrected chi connectivity index (χ4v) is 6.22. The predicted octanol–water partition coefficient (Wildman–Crippen LogP) is 3.95. The third-order valence-electron chi connectivity index (χ3n) is 7.49. The van der Waals surface area contributed by atoms with E-state index < -0.39 is 0 Å². The molecule has 1 aliphatic heterocycles. The van der Waals surface area contributed by atoms with Gasteiger partial charge in [-0.25, -0.2) is 0 Å². The molecule has 0 spiro atoms. The van der Waals surface area contributed by atoms with Crippen LogP contribution in [0.1, 0.15) is 58.8 Å². The highest BCUT2D eigenvalue weighted by molar-refractivity contribution is 5.79. The van der Waals surface area contributed by atoms with E-state index in [-0.39, 0.29) is 0 Å². The van der Waals surface area contributed by atoms with Gasteiger partial charge in [-0.2, -0.15) is 0 Å². The average molecular weight is 289 g/mol. The second kappa shape index (κ2) is 5.28. The Morgan fingerprint density at radius 3 is 2.43 bits per heavy atom. The minimum Gasteiger partial charge on any atom is -0.342 e. The molecule has 0 aromatic rings. The van der Waals surface area contributed by atoms with Crippen molar-refractivity contribution in [3.63, 3.8) is 0 Å². The molecular weight excluding hydrogens is 258 g/mol. The van der Waals surface area contributed by atoms with Gasteiger partial charge in [0.05, 0.1) is 0 Å². The zero-order valence-electron chi connectivity index (χ0n) is 13.8. The summed E-state index contributed by atoms with van der Waals surface area (Å²) in [4.78, 5) is 15.2. The topological polar surface area (TPSA) is 20.3 Å². The first-order valence-electron chi connectivity index (χ1n) is 9.49. The van der Waals surface area contributed by atoms with Crippen LogP contribution in [0.5, 0.6) is 0 Å². The Hall–Kier alpha value is -0.530. The lowest BCUT2D eigenvalue weighted by Crippen LogP contribution is -2.36. The molecule has 0 aromatic carbocycles. The highest BCUT2D eigenvalue weighted by atomic mass is 16.2. The first kappa shape index (κ1) is 14.1. The Balaban J connectivity index is 1.47. The second-order valence-corrected chi connectivity index (χ2v) is 8.40. The Morgan fingerprint density at radius 1 is 1.00 bits per heavy atom. The standard InChI is InChI=1S/C19H31NO/c1-3-14-16-9-15(16)12(2)17-10-20(11-18(14)17)19(21)13-7-5-4-6-8-13/h12-18H,3-11H2,1-2H3. The van der Waals surface area contributed by atoms with Gasteiger partial charge in [-0.1, -0.05) is 39.5 Å². The fraction of sp³-hybridized carbons (Fsp3) is 0.947. The number of nitrogens with zero attached hydrogens (tertiary/aromatic N) is 1. The van der Waals surface area contributed by atoms with E-state index in [1.807, 2.05) is 0 Å². The van der Waals surface area contributed by atoms with Gasteiger partial charge < -0.3 is 4.90 Å². The van der Waals surface area contributed by atoms with Crippen LogP contribution in [0.2, 0.25) is 0 Å². The number of fused-ring (bicyclic) bond motifs is 2. The summed E-state index contributed by atoms with van der Waals surface area (Å²) in [6.45, 7) is 7.02. The van der Waals surface area contributed by atoms with E-state index in [2.05, 4.69) is 18.7 Å². The molecule has 2 heteroatoms. The van der Waals surface area contributed by atoms with Crippen LogP contribution >= 0.6 is 0 Å². The fourth-order valence-electron chi connectivity index (χ4n) is 6.22. The van der Waals surface area contributed by atoms with E-state index in [9.17, 15) is 4.79 Å². The molecule has 0 bridgehead atoms. The van der Waals surface area contributed by atoms with Crippen molar-refractivity contribution in [1.29, 1.82) is 0 Å². The molecule has 1 amide bonds. The lowest BCUT2D eigenvalue weighted by atomic mass is 9.68. The van der Waals surface area contributed by atoms with Crippen LogP contribution in [-0.4, -0.2) is 23.9 Å². The summed E-state index contributed by atoms with van der Waals surface area (Å²) in [5.41, 5.74) is 0. The molecule has 0 aromatic heterocycles. The summed E-state index contributed by atoms with van der Waals surface area (Å²) in [7, 11) is 0. The molecule has 3 aliphatic carbocycles. The van der Waals surface area contributed by atoms with Crippen LogP contribution in [-0.2, 0) is 4.79 Å². The number of rotatable bonds is 2. The average Bonchev–Trinajstić information content (AvgIpc) is 3.19. The van der Waals surface area contributed by atoms with Crippen molar-refractivity contribution in [3.05, 3.63) is 0 Å².